The van der Waals surface area contributed by atoms with Crippen molar-refractivity contribution in [1.29, 1.82) is 0 Å². The van der Waals surface area contributed by atoms with Crippen LogP contribution in [-0.4, -0.2) is 43.7 Å². The topological polar surface area (TPSA) is 49.4 Å². The van der Waals surface area contributed by atoms with E-state index in [1.807, 2.05) is 19.0 Å². The molecule has 15 heavy (non-hydrogen) atoms. The monoisotopic (exact) mass is 210 g/mol. The molecule has 1 N–H and O–H groups in total. The Labute approximate surface area is 90.3 Å². The number of rotatable bonds is 4. The van der Waals surface area contributed by atoms with E-state index < -0.39 is 0 Å². The van der Waals surface area contributed by atoms with Crippen molar-refractivity contribution in [3.05, 3.63) is 11.8 Å². The van der Waals surface area contributed by atoms with Crippen LogP contribution in [0.3, 0.4) is 0 Å². The zero-order valence-corrected chi connectivity index (χ0v) is 9.38. The van der Waals surface area contributed by atoms with Crippen LogP contribution in [0.1, 0.15) is 19.3 Å². The lowest BCUT2D eigenvalue weighted by Gasteiger charge is -2.13. The zero-order chi connectivity index (χ0) is 11.3. The minimum absolute atomic E-state index is 0.0244. The van der Waals surface area contributed by atoms with Crippen LogP contribution in [-0.2, 0) is 9.59 Å². The molecule has 1 rings (SSSR count). The zero-order valence-electron chi connectivity index (χ0n) is 9.38. The fraction of sp³-hybridized carbons (Fsp3) is 0.636. The minimum Gasteiger partial charge on any atom is -0.389 e. The fourth-order valence-corrected chi connectivity index (χ4v) is 1.46. The van der Waals surface area contributed by atoms with Gasteiger partial charge >= 0.3 is 0 Å². The van der Waals surface area contributed by atoms with E-state index in [4.69, 9.17) is 0 Å². The molecule has 0 spiro atoms. The van der Waals surface area contributed by atoms with Crippen LogP contribution in [0.2, 0.25) is 0 Å². The van der Waals surface area contributed by atoms with Gasteiger partial charge in [0.05, 0.1) is 5.57 Å². The predicted octanol–water partition coefficient (Wildman–Crippen LogP) is 0.344. The molecule has 0 heterocycles. The maximum atomic E-state index is 11.4. The van der Waals surface area contributed by atoms with Crippen molar-refractivity contribution in [2.45, 2.75) is 19.3 Å². The Balaban J connectivity index is 2.42. The van der Waals surface area contributed by atoms with E-state index in [1.165, 1.54) is 0 Å². The molecule has 1 saturated carbocycles. The average molecular weight is 210 g/mol. The number of carbonyl (C=O) groups excluding carboxylic acids is 2. The first-order valence-electron chi connectivity index (χ1n) is 5.26. The Morgan fingerprint density at radius 1 is 1.27 bits per heavy atom. The normalized spacial score (nSPS) is 17.1. The number of allylic oxidation sites excluding steroid dienone is 1. The number of nitrogens with zero attached hydrogens (tertiary/aromatic N) is 1. The van der Waals surface area contributed by atoms with Crippen LogP contribution in [0.15, 0.2) is 11.8 Å². The van der Waals surface area contributed by atoms with Crippen LogP contribution in [0.25, 0.3) is 0 Å². The molecule has 0 bridgehead atoms. The predicted molar refractivity (Wildman–Crippen MR) is 58.5 cm³/mol. The van der Waals surface area contributed by atoms with E-state index in [0.29, 0.717) is 24.8 Å². The van der Waals surface area contributed by atoms with E-state index in [2.05, 4.69) is 5.32 Å². The largest absolute Gasteiger partial charge is 0.389 e. The second-order valence-corrected chi connectivity index (χ2v) is 4.02. The van der Waals surface area contributed by atoms with Crippen molar-refractivity contribution in [3.8, 4) is 0 Å². The third-order valence-corrected chi connectivity index (χ3v) is 2.36. The van der Waals surface area contributed by atoms with Crippen LogP contribution >= 0.6 is 0 Å². The molecule has 0 radical (unpaired) electrons. The van der Waals surface area contributed by atoms with Crippen LogP contribution < -0.4 is 5.32 Å². The Hall–Kier alpha value is -1.16. The molecule has 0 aromatic carbocycles. The molecule has 1 aliphatic carbocycles. The Morgan fingerprint density at radius 3 is 2.40 bits per heavy atom. The molecule has 1 aliphatic rings. The number of Topliss-reactive ketones (excluding diaryl/α,β-unsaturated/α-hetero) is 2. The summed E-state index contributed by atoms with van der Waals surface area (Å²) in [4.78, 5) is 24.8. The molecule has 0 saturated heterocycles. The van der Waals surface area contributed by atoms with Crippen molar-refractivity contribution in [3.63, 3.8) is 0 Å². The molecule has 4 nitrogen and oxygen atoms in total. The Kier molecular flexibility index (Phi) is 4.49. The molecule has 4 heteroatoms. The van der Waals surface area contributed by atoms with Gasteiger partial charge in [-0.3, -0.25) is 9.59 Å². The highest BCUT2D eigenvalue weighted by atomic mass is 16.1. The lowest BCUT2D eigenvalue weighted by Crippen LogP contribution is -2.26. The SMILES string of the molecule is CN(C)CCNC=C1C(=O)CCCC1=O. The summed E-state index contributed by atoms with van der Waals surface area (Å²) in [5.41, 5.74) is 0.347. The first kappa shape index (κ1) is 11.9. The van der Waals surface area contributed by atoms with Gasteiger partial charge in [0.25, 0.3) is 0 Å². The number of ketones is 2. The lowest BCUT2D eigenvalue weighted by atomic mass is 9.93. The summed E-state index contributed by atoms with van der Waals surface area (Å²) in [5.74, 6) is -0.0489. The van der Waals surface area contributed by atoms with Gasteiger partial charge < -0.3 is 10.2 Å². The van der Waals surface area contributed by atoms with Crippen molar-refractivity contribution in [2.24, 2.45) is 0 Å². The molecule has 84 valence electrons. The van der Waals surface area contributed by atoms with Gasteiger partial charge in [-0.2, -0.15) is 0 Å². The van der Waals surface area contributed by atoms with Gasteiger partial charge in [-0.15, -0.1) is 0 Å². The molecule has 0 aromatic rings. The number of carbonyl (C=O) groups is 2. The van der Waals surface area contributed by atoms with Gasteiger partial charge in [-0.05, 0) is 20.5 Å². The summed E-state index contributed by atoms with van der Waals surface area (Å²) in [7, 11) is 3.96. The van der Waals surface area contributed by atoms with Crippen LogP contribution in [0.4, 0.5) is 0 Å². The average Bonchev–Trinajstić information content (AvgIpc) is 2.15. The molecule has 0 unspecified atom stereocenters. The minimum atomic E-state index is -0.0244. The first-order chi connectivity index (χ1) is 7.11. The smallest absolute Gasteiger partial charge is 0.167 e. The third kappa shape index (κ3) is 3.83. The summed E-state index contributed by atoms with van der Waals surface area (Å²) in [6.07, 6.45) is 3.29. The molecular weight excluding hydrogens is 192 g/mol. The summed E-state index contributed by atoms with van der Waals surface area (Å²) in [5, 5.41) is 3.00. The van der Waals surface area contributed by atoms with Crippen molar-refractivity contribution in [1.82, 2.24) is 10.2 Å². The van der Waals surface area contributed by atoms with E-state index in [9.17, 15) is 9.59 Å². The summed E-state index contributed by atoms with van der Waals surface area (Å²) < 4.78 is 0. The standard InChI is InChI=1S/C11H18N2O2/c1-13(2)7-6-12-8-9-10(14)4-3-5-11(9)15/h8,12H,3-7H2,1-2H3. The highest BCUT2D eigenvalue weighted by molar-refractivity contribution is 6.21. The summed E-state index contributed by atoms with van der Waals surface area (Å²) in [6.45, 7) is 1.63. The summed E-state index contributed by atoms with van der Waals surface area (Å²) in [6, 6.07) is 0. The lowest BCUT2D eigenvalue weighted by molar-refractivity contribution is -0.123. The maximum Gasteiger partial charge on any atom is 0.167 e. The van der Waals surface area contributed by atoms with E-state index in [-0.39, 0.29) is 11.6 Å². The van der Waals surface area contributed by atoms with E-state index >= 15 is 0 Å². The number of hydrogen-bond acceptors (Lipinski definition) is 4. The molecule has 0 aromatic heterocycles. The number of nitrogens with one attached hydrogen (secondary N) is 1. The van der Waals surface area contributed by atoms with Crippen LogP contribution in [0, 0.1) is 0 Å². The highest BCUT2D eigenvalue weighted by Gasteiger charge is 2.22. The van der Waals surface area contributed by atoms with Crippen molar-refractivity contribution >= 4 is 11.6 Å². The van der Waals surface area contributed by atoms with Crippen molar-refractivity contribution in [2.75, 3.05) is 27.2 Å². The van der Waals surface area contributed by atoms with Gasteiger partial charge in [0.2, 0.25) is 0 Å². The fourth-order valence-electron chi connectivity index (χ4n) is 1.46. The highest BCUT2D eigenvalue weighted by Crippen LogP contribution is 2.15. The number of hydrogen-bond donors (Lipinski definition) is 1. The second kappa shape index (κ2) is 5.66. The number of likely N-dealkylation sites (N-methyl/N-ethyl adjacent to an activating group) is 1. The first-order valence-corrected chi connectivity index (χ1v) is 5.26. The maximum absolute atomic E-state index is 11.4. The van der Waals surface area contributed by atoms with Gasteiger partial charge in [0.15, 0.2) is 11.6 Å². The Morgan fingerprint density at radius 2 is 1.87 bits per heavy atom. The molecule has 1 fully saturated rings. The molecular formula is C11H18N2O2. The quantitative estimate of drug-likeness (QED) is 0.413. The third-order valence-electron chi connectivity index (χ3n) is 2.36. The van der Waals surface area contributed by atoms with E-state index in [1.54, 1.807) is 6.20 Å². The van der Waals surface area contributed by atoms with Gasteiger partial charge in [-0.1, -0.05) is 0 Å². The Bertz CT molecular complexity index is 264. The second-order valence-electron chi connectivity index (χ2n) is 4.02. The summed E-state index contributed by atoms with van der Waals surface area (Å²) >= 11 is 0. The van der Waals surface area contributed by atoms with Gasteiger partial charge in [0.1, 0.15) is 0 Å². The van der Waals surface area contributed by atoms with Crippen LogP contribution in [0.5, 0.6) is 0 Å². The molecule has 0 aliphatic heterocycles. The van der Waals surface area contributed by atoms with Crippen molar-refractivity contribution < 1.29 is 9.59 Å². The molecule has 0 amide bonds. The van der Waals surface area contributed by atoms with Gasteiger partial charge in [0, 0.05) is 32.1 Å². The van der Waals surface area contributed by atoms with Gasteiger partial charge in [-0.25, -0.2) is 0 Å². The molecule has 0 atom stereocenters. The van der Waals surface area contributed by atoms with E-state index in [0.717, 1.165) is 13.1 Å².